The van der Waals surface area contributed by atoms with Crippen molar-refractivity contribution in [3.8, 4) is 0 Å². The third-order valence-electron chi connectivity index (χ3n) is 4.41. The van der Waals surface area contributed by atoms with Crippen LogP contribution in [0.3, 0.4) is 0 Å². The molecule has 0 amide bonds. The second kappa shape index (κ2) is 9.97. The van der Waals surface area contributed by atoms with Gasteiger partial charge in [-0.1, -0.05) is 78.9 Å². The van der Waals surface area contributed by atoms with E-state index in [9.17, 15) is 5.11 Å². The highest BCUT2D eigenvalue weighted by Gasteiger charge is 2.22. The summed E-state index contributed by atoms with van der Waals surface area (Å²) in [5.41, 5.74) is 3.37. The summed E-state index contributed by atoms with van der Waals surface area (Å²) in [6, 6.07) is 20.9. The Labute approximate surface area is 152 Å². The van der Waals surface area contributed by atoms with E-state index in [-0.39, 0.29) is 5.92 Å². The van der Waals surface area contributed by atoms with Gasteiger partial charge in [0.2, 0.25) is 0 Å². The standard InChI is InChI=1S/C23H29NO/c1-4-11-22(23(25)19(2)3)18-24(16-20-12-7-5-8-13-20)17-21-14-9-6-10-15-21/h4-10,12-15,22-23,25H,1-2,11,16-18H2,3H3/t22-,23-/m1/s1. The summed E-state index contributed by atoms with van der Waals surface area (Å²) in [6.07, 6.45) is 2.15. The van der Waals surface area contributed by atoms with Gasteiger partial charge in [-0.25, -0.2) is 0 Å². The Morgan fingerprint density at radius 3 is 1.88 bits per heavy atom. The number of hydrogen-bond acceptors (Lipinski definition) is 2. The first kappa shape index (κ1) is 19.2. The first-order chi connectivity index (χ1) is 12.1. The molecular weight excluding hydrogens is 306 g/mol. The molecule has 2 nitrogen and oxygen atoms in total. The molecule has 0 aliphatic carbocycles. The summed E-state index contributed by atoms with van der Waals surface area (Å²) in [5, 5.41) is 10.5. The SMILES string of the molecule is C=CC[C@H](CN(Cc1ccccc1)Cc1ccccc1)[C@H](O)C(=C)C. The molecule has 0 aromatic heterocycles. The molecule has 0 bridgehead atoms. The van der Waals surface area contributed by atoms with E-state index in [0.717, 1.165) is 31.6 Å². The molecule has 2 heteroatoms. The fourth-order valence-corrected chi connectivity index (χ4v) is 3.12. The van der Waals surface area contributed by atoms with Crippen LogP contribution >= 0.6 is 0 Å². The maximum atomic E-state index is 10.5. The van der Waals surface area contributed by atoms with Crippen molar-refractivity contribution >= 4 is 0 Å². The first-order valence-corrected chi connectivity index (χ1v) is 8.84. The van der Waals surface area contributed by atoms with Gasteiger partial charge in [0.25, 0.3) is 0 Å². The van der Waals surface area contributed by atoms with Gasteiger partial charge in [-0.15, -0.1) is 6.58 Å². The lowest BCUT2D eigenvalue weighted by Gasteiger charge is -2.30. The third-order valence-corrected chi connectivity index (χ3v) is 4.41. The van der Waals surface area contributed by atoms with Gasteiger partial charge in [-0.3, -0.25) is 4.90 Å². The molecule has 0 aliphatic rings. The number of aliphatic hydroxyl groups is 1. The molecule has 0 saturated carbocycles. The molecule has 0 saturated heterocycles. The largest absolute Gasteiger partial charge is 0.388 e. The van der Waals surface area contributed by atoms with E-state index in [1.165, 1.54) is 11.1 Å². The van der Waals surface area contributed by atoms with Gasteiger partial charge in [-0.05, 0) is 24.5 Å². The summed E-state index contributed by atoms with van der Waals surface area (Å²) in [4.78, 5) is 2.39. The highest BCUT2D eigenvalue weighted by molar-refractivity contribution is 5.17. The summed E-state index contributed by atoms with van der Waals surface area (Å²) < 4.78 is 0. The lowest BCUT2D eigenvalue weighted by Crippen LogP contribution is -2.35. The fourth-order valence-electron chi connectivity index (χ4n) is 3.12. The van der Waals surface area contributed by atoms with Crippen molar-refractivity contribution in [1.82, 2.24) is 4.90 Å². The molecule has 0 heterocycles. The van der Waals surface area contributed by atoms with Crippen molar-refractivity contribution in [2.45, 2.75) is 32.5 Å². The summed E-state index contributed by atoms with van der Waals surface area (Å²) >= 11 is 0. The molecule has 0 spiro atoms. The monoisotopic (exact) mass is 335 g/mol. The molecule has 0 unspecified atom stereocenters. The quantitative estimate of drug-likeness (QED) is 0.629. The Bertz CT molecular complexity index is 609. The summed E-state index contributed by atoms with van der Waals surface area (Å²) in [7, 11) is 0. The zero-order valence-electron chi connectivity index (χ0n) is 15.1. The van der Waals surface area contributed by atoms with Gasteiger partial charge in [0.1, 0.15) is 0 Å². The van der Waals surface area contributed by atoms with E-state index < -0.39 is 6.10 Å². The average molecular weight is 335 g/mol. The average Bonchev–Trinajstić information content (AvgIpc) is 2.62. The van der Waals surface area contributed by atoms with Crippen LogP contribution in [0.4, 0.5) is 0 Å². The van der Waals surface area contributed by atoms with Crippen LogP contribution < -0.4 is 0 Å². The van der Waals surface area contributed by atoms with Crippen molar-refractivity contribution in [3.63, 3.8) is 0 Å². The maximum Gasteiger partial charge on any atom is 0.0788 e. The van der Waals surface area contributed by atoms with Crippen molar-refractivity contribution < 1.29 is 5.11 Å². The molecule has 2 rings (SSSR count). The summed E-state index contributed by atoms with van der Waals surface area (Å²) in [5.74, 6) is 0.0995. The number of aliphatic hydroxyl groups excluding tert-OH is 1. The zero-order chi connectivity index (χ0) is 18.1. The molecule has 2 aromatic carbocycles. The molecular formula is C23H29NO. The zero-order valence-corrected chi connectivity index (χ0v) is 15.1. The maximum absolute atomic E-state index is 10.5. The van der Waals surface area contributed by atoms with Gasteiger partial charge in [0.05, 0.1) is 6.10 Å². The molecule has 1 N–H and O–H groups in total. The molecule has 0 fully saturated rings. The predicted octanol–water partition coefficient (Wildman–Crippen LogP) is 4.82. The van der Waals surface area contributed by atoms with Crippen LogP contribution in [0, 0.1) is 5.92 Å². The summed E-state index contributed by atoms with van der Waals surface area (Å²) in [6.45, 7) is 12.2. The van der Waals surface area contributed by atoms with E-state index in [1.54, 1.807) is 0 Å². The highest BCUT2D eigenvalue weighted by Crippen LogP contribution is 2.20. The van der Waals surface area contributed by atoms with Crippen LogP contribution in [0.25, 0.3) is 0 Å². The van der Waals surface area contributed by atoms with Crippen molar-refractivity contribution in [2.75, 3.05) is 6.54 Å². The van der Waals surface area contributed by atoms with Crippen LogP contribution in [-0.4, -0.2) is 22.7 Å². The molecule has 25 heavy (non-hydrogen) atoms. The molecule has 2 aromatic rings. The highest BCUT2D eigenvalue weighted by atomic mass is 16.3. The molecule has 132 valence electrons. The smallest absolute Gasteiger partial charge is 0.0788 e. The Morgan fingerprint density at radius 1 is 1.00 bits per heavy atom. The third kappa shape index (κ3) is 6.33. The predicted molar refractivity (Wildman–Crippen MR) is 106 cm³/mol. The normalized spacial score (nSPS) is 13.4. The van der Waals surface area contributed by atoms with Gasteiger partial charge in [0, 0.05) is 25.6 Å². The van der Waals surface area contributed by atoms with Gasteiger partial charge in [-0.2, -0.15) is 0 Å². The second-order valence-electron chi connectivity index (χ2n) is 6.72. The number of benzene rings is 2. The number of allylic oxidation sites excluding steroid dienone is 1. The Kier molecular flexibility index (Phi) is 7.65. The first-order valence-electron chi connectivity index (χ1n) is 8.84. The lowest BCUT2D eigenvalue weighted by molar-refractivity contribution is 0.101. The van der Waals surface area contributed by atoms with E-state index in [1.807, 2.05) is 25.1 Å². The second-order valence-corrected chi connectivity index (χ2v) is 6.72. The van der Waals surface area contributed by atoms with E-state index in [0.29, 0.717) is 0 Å². The Balaban J connectivity index is 2.16. The molecule has 2 atom stereocenters. The molecule has 0 radical (unpaired) electrons. The van der Waals surface area contributed by atoms with Crippen LogP contribution in [0.1, 0.15) is 24.5 Å². The van der Waals surface area contributed by atoms with Gasteiger partial charge < -0.3 is 5.11 Å². The molecule has 0 aliphatic heterocycles. The Hall–Kier alpha value is -2.16. The minimum absolute atomic E-state index is 0.0995. The van der Waals surface area contributed by atoms with Gasteiger partial charge in [0.15, 0.2) is 0 Å². The van der Waals surface area contributed by atoms with Crippen LogP contribution in [0.5, 0.6) is 0 Å². The Morgan fingerprint density at radius 2 is 1.48 bits per heavy atom. The lowest BCUT2D eigenvalue weighted by atomic mass is 9.93. The minimum atomic E-state index is -0.507. The van der Waals surface area contributed by atoms with E-state index in [2.05, 4.69) is 66.6 Å². The number of rotatable bonds is 10. The van der Waals surface area contributed by atoms with E-state index in [4.69, 9.17) is 0 Å². The topological polar surface area (TPSA) is 23.5 Å². The van der Waals surface area contributed by atoms with Crippen LogP contribution in [0.15, 0.2) is 85.5 Å². The number of nitrogens with zero attached hydrogens (tertiary/aromatic N) is 1. The van der Waals surface area contributed by atoms with Crippen molar-refractivity contribution in [3.05, 3.63) is 96.6 Å². The van der Waals surface area contributed by atoms with Gasteiger partial charge >= 0.3 is 0 Å². The van der Waals surface area contributed by atoms with E-state index >= 15 is 0 Å². The van der Waals surface area contributed by atoms with Crippen molar-refractivity contribution in [1.29, 1.82) is 0 Å². The minimum Gasteiger partial charge on any atom is -0.388 e. The van der Waals surface area contributed by atoms with Crippen LogP contribution in [-0.2, 0) is 13.1 Å². The fraction of sp³-hybridized carbons (Fsp3) is 0.304. The van der Waals surface area contributed by atoms with Crippen LogP contribution in [0.2, 0.25) is 0 Å². The van der Waals surface area contributed by atoms with Crippen molar-refractivity contribution in [2.24, 2.45) is 5.92 Å². The number of hydrogen-bond donors (Lipinski definition) is 1.